The lowest BCUT2D eigenvalue weighted by atomic mass is 9.81. The van der Waals surface area contributed by atoms with E-state index in [1.807, 2.05) is 17.1 Å². The number of carbonyl (C=O) groups excluding carboxylic acids is 2. The molecule has 0 radical (unpaired) electrons. The Hall–Kier alpha value is -2.70. The van der Waals surface area contributed by atoms with E-state index in [9.17, 15) is 19.7 Å². The molecule has 26 heavy (non-hydrogen) atoms. The van der Waals surface area contributed by atoms with Gasteiger partial charge in [-0.1, -0.05) is 18.2 Å². The molecule has 1 saturated heterocycles. The summed E-state index contributed by atoms with van der Waals surface area (Å²) in [4.78, 5) is 37.9. The van der Waals surface area contributed by atoms with E-state index in [0.717, 1.165) is 32.4 Å². The van der Waals surface area contributed by atoms with Crippen LogP contribution >= 0.6 is 0 Å². The lowest BCUT2D eigenvalue weighted by Gasteiger charge is -2.34. The molecule has 7 heteroatoms. The zero-order valence-electron chi connectivity index (χ0n) is 14.6. The number of nitrogens with zero attached hydrogens (tertiary/aromatic N) is 2. The Labute approximate surface area is 152 Å². The number of non-ortho nitro benzene ring substituents is 1. The van der Waals surface area contributed by atoms with Crippen LogP contribution in [-0.4, -0.2) is 34.7 Å². The number of nitro groups is 1. The van der Waals surface area contributed by atoms with Crippen molar-refractivity contribution in [2.75, 3.05) is 18.4 Å². The van der Waals surface area contributed by atoms with E-state index < -0.39 is 10.8 Å². The Balaban J connectivity index is 1.71. The number of piperidine rings is 1. The molecule has 2 amide bonds. The number of hydrogen-bond acceptors (Lipinski definition) is 4. The summed E-state index contributed by atoms with van der Waals surface area (Å²) >= 11 is 0. The monoisotopic (exact) mass is 357 g/mol. The summed E-state index contributed by atoms with van der Waals surface area (Å²) in [6.45, 7) is 1.52. The lowest BCUT2D eigenvalue weighted by molar-refractivity contribution is -0.384. The summed E-state index contributed by atoms with van der Waals surface area (Å²) in [5, 5.41) is 13.6. The van der Waals surface area contributed by atoms with E-state index in [1.165, 1.54) is 18.2 Å². The maximum absolute atomic E-state index is 12.9. The molecule has 1 aliphatic carbocycles. The molecule has 1 heterocycles. The summed E-state index contributed by atoms with van der Waals surface area (Å²) in [5.74, 6) is -1.02. The molecule has 0 saturated carbocycles. The molecule has 2 atom stereocenters. The van der Waals surface area contributed by atoms with Crippen molar-refractivity contribution in [3.63, 3.8) is 0 Å². The number of likely N-dealkylation sites (tertiary alicyclic amines) is 1. The average Bonchev–Trinajstić information content (AvgIpc) is 2.68. The number of amides is 2. The summed E-state index contributed by atoms with van der Waals surface area (Å²) in [5.41, 5.74) is 0.301. The van der Waals surface area contributed by atoms with Crippen molar-refractivity contribution >= 4 is 23.2 Å². The SMILES string of the molecule is O=C(Nc1cccc([N+](=O)[O-])c1)[C@@H]1CC=CC[C@@H]1C(=O)N1CCCCC1. The van der Waals surface area contributed by atoms with Gasteiger partial charge in [-0.05, 0) is 38.2 Å². The normalized spacial score (nSPS) is 22.7. The third-order valence-corrected chi connectivity index (χ3v) is 5.08. The first-order valence-corrected chi connectivity index (χ1v) is 9.05. The van der Waals surface area contributed by atoms with Crippen LogP contribution in [0, 0.1) is 22.0 Å². The van der Waals surface area contributed by atoms with Crippen LogP contribution in [0.25, 0.3) is 0 Å². The smallest absolute Gasteiger partial charge is 0.271 e. The maximum atomic E-state index is 12.9. The number of allylic oxidation sites excluding steroid dienone is 2. The Bertz CT molecular complexity index is 725. The molecule has 1 aromatic rings. The molecule has 0 spiro atoms. The molecule has 138 valence electrons. The van der Waals surface area contributed by atoms with Crippen LogP contribution in [0.4, 0.5) is 11.4 Å². The van der Waals surface area contributed by atoms with Gasteiger partial charge in [-0.3, -0.25) is 19.7 Å². The van der Waals surface area contributed by atoms with Crippen molar-refractivity contribution in [3.8, 4) is 0 Å². The second-order valence-electron chi connectivity index (χ2n) is 6.84. The first kappa shape index (κ1) is 18.1. The van der Waals surface area contributed by atoms with Gasteiger partial charge in [-0.2, -0.15) is 0 Å². The Kier molecular flexibility index (Phi) is 5.65. The zero-order chi connectivity index (χ0) is 18.5. The van der Waals surface area contributed by atoms with Gasteiger partial charge >= 0.3 is 0 Å². The number of nitrogens with one attached hydrogen (secondary N) is 1. The quantitative estimate of drug-likeness (QED) is 0.509. The summed E-state index contributed by atoms with van der Waals surface area (Å²) in [7, 11) is 0. The Morgan fingerprint density at radius 3 is 2.46 bits per heavy atom. The number of hydrogen-bond donors (Lipinski definition) is 1. The summed E-state index contributed by atoms with van der Waals surface area (Å²) in [6.07, 6.45) is 8.12. The van der Waals surface area contributed by atoms with Crippen molar-refractivity contribution in [1.29, 1.82) is 0 Å². The van der Waals surface area contributed by atoms with Gasteiger partial charge in [0.25, 0.3) is 5.69 Å². The average molecular weight is 357 g/mol. The Morgan fingerprint density at radius 1 is 1.08 bits per heavy atom. The van der Waals surface area contributed by atoms with Gasteiger partial charge in [-0.15, -0.1) is 0 Å². The minimum atomic E-state index is -0.498. The van der Waals surface area contributed by atoms with Crippen LogP contribution < -0.4 is 5.32 Å². The third kappa shape index (κ3) is 4.09. The second kappa shape index (κ2) is 8.12. The first-order valence-electron chi connectivity index (χ1n) is 9.05. The summed E-state index contributed by atoms with van der Waals surface area (Å²) in [6, 6.07) is 5.86. The van der Waals surface area contributed by atoms with Crippen LogP contribution in [0.1, 0.15) is 32.1 Å². The van der Waals surface area contributed by atoms with Crippen molar-refractivity contribution in [3.05, 3.63) is 46.5 Å². The molecule has 1 fully saturated rings. The lowest BCUT2D eigenvalue weighted by Crippen LogP contribution is -2.45. The van der Waals surface area contributed by atoms with Crippen LogP contribution in [0.2, 0.25) is 0 Å². The fourth-order valence-corrected chi connectivity index (χ4v) is 3.66. The van der Waals surface area contributed by atoms with Crippen molar-refractivity contribution in [2.45, 2.75) is 32.1 Å². The highest BCUT2D eigenvalue weighted by atomic mass is 16.6. The van der Waals surface area contributed by atoms with E-state index in [4.69, 9.17) is 0 Å². The number of carbonyl (C=O) groups is 2. The van der Waals surface area contributed by atoms with Crippen LogP contribution in [0.15, 0.2) is 36.4 Å². The van der Waals surface area contributed by atoms with Gasteiger partial charge < -0.3 is 10.2 Å². The molecule has 3 rings (SSSR count). The highest BCUT2D eigenvalue weighted by molar-refractivity contribution is 5.96. The van der Waals surface area contributed by atoms with Gasteiger partial charge in [-0.25, -0.2) is 0 Å². The maximum Gasteiger partial charge on any atom is 0.271 e. The van der Waals surface area contributed by atoms with Crippen LogP contribution in [0.3, 0.4) is 0 Å². The molecule has 2 aliphatic rings. The molecular formula is C19H23N3O4. The fourth-order valence-electron chi connectivity index (χ4n) is 3.66. The fraction of sp³-hybridized carbons (Fsp3) is 0.474. The van der Waals surface area contributed by atoms with Gasteiger partial charge in [0.15, 0.2) is 0 Å². The molecule has 0 aromatic heterocycles. The van der Waals surface area contributed by atoms with Gasteiger partial charge in [0, 0.05) is 30.9 Å². The minimum absolute atomic E-state index is 0.0493. The van der Waals surface area contributed by atoms with E-state index in [0.29, 0.717) is 18.5 Å². The predicted octanol–water partition coefficient (Wildman–Crippen LogP) is 3.13. The zero-order valence-corrected chi connectivity index (χ0v) is 14.6. The Morgan fingerprint density at radius 2 is 1.77 bits per heavy atom. The largest absolute Gasteiger partial charge is 0.342 e. The van der Waals surface area contributed by atoms with Gasteiger partial charge in [0.05, 0.1) is 16.8 Å². The molecule has 0 unspecified atom stereocenters. The number of benzene rings is 1. The summed E-state index contributed by atoms with van der Waals surface area (Å²) < 4.78 is 0. The van der Waals surface area contributed by atoms with E-state index in [1.54, 1.807) is 6.07 Å². The number of rotatable bonds is 4. The number of nitro benzene ring substituents is 1. The van der Waals surface area contributed by atoms with Crippen molar-refractivity contribution in [2.24, 2.45) is 11.8 Å². The predicted molar refractivity (Wildman–Crippen MR) is 97.5 cm³/mol. The third-order valence-electron chi connectivity index (χ3n) is 5.08. The number of anilines is 1. The molecule has 7 nitrogen and oxygen atoms in total. The molecule has 1 N–H and O–H groups in total. The van der Waals surface area contributed by atoms with Crippen LogP contribution in [0.5, 0.6) is 0 Å². The van der Waals surface area contributed by atoms with Gasteiger partial charge in [0.1, 0.15) is 0 Å². The highest BCUT2D eigenvalue weighted by Gasteiger charge is 2.36. The second-order valence-corrected chi connectivity index (χ2v) is 6.84. The van der Waals surface area contributed by atoms with E-state index in [2.05, 4.69) is 5.32 Å². The van der Waals surface area contributed by atoms with E-state index in [-0.39, 0.29) is 23.4 Å². The molecule has 0 bridgehead atoms. The molecule has 1 aromatic carbocycles. The molecular weight excluding hydrogens is 334 g/mol. The standard InChI is InChI=1S/C19H23N3O4/c23-18(20-14-7-6-8-15(13-14)22(25)26)16-9-2-3-10-17(16)19(24)21-11-4-1-5-12-21/h2-3,6-8,13,16-17H,1,4-5,9-12H2,(H,20,23)/t16-,17+/m1/s1. The topological polar surface area (TPSA) is 92.5 Å². The van der Waals surface area contributed by atoms with Gasteiger partial charge in [0.2, 0.25) is 11.8 Å². The van der Waals surface area contributed by atoms with Crippen molar-refractivity contribution < 1.29 is 14.5 Å². The minimum Gasteiger partial charge on any atom is -0.342 e. The van der Waals surface area contributed by atoms with Crippen LogP contribution in [-0.2, 0) is 9.59 Å². The van der Waals surface area contributed by atoms with Crippen molar-refractivity contribution in [1.82, 2.24) is 4.90 Å². The highest BCUT2D eigenvalue weighted by Crippen LogP contribution is 2.30. The van der Waals surface area contributed by atoms with E-state index >= 15 is 0 Å². The molecule has 1 aliphatic heterocycles. The first-order chi connectivity index (χ1) is 12.6.